The Morgan fingerprint density at radius 2 is 2.00 bits per heavy atom. The standard InChI is InChI=1S/C22H22N2O2S/c1-4-13-27-22-23-20(15-17-8-6-7-16(3)14-17)21(25)24(22)18-9-11-19(12-10-18)26-5-2/h4,6-12,14-15H,1,5,13H2,2-3H3. The number of amidine groups is 1. The Morgan fingerprint density at radius 3 is 2.67 bits per heavy atom. The molecule has 0 radical (unpaired) electrons. The number of hydrogen-bond donors (Lipinski definition) is 0. The van der Waals surface area contributed by atoms with Crippen LogP contribution in [0.5, 0.6) is 5.75 Å². The van der Waals surface area contributed by atoms with Crippen LogP contribution in [-0.2, 0) is 4.79 Å². The Hall–Kier alpha value is -2.79. The fourth-order valence-electron chi connectivity index (χ4n) is 2.73. The summed E-state index contributed by atoms with van der Waals surface area (Å²) in [7, 11) is 0. The Balaban J connectivity index is 1.94. The smallest absolute Gasteiger partial charge is 0.283 e. The molecule has 0 aromatic heterocycles. The van der Waals surface area contributed by atoms with Crippen molar-refractivity contribution in [1.29, 1.82) is 0 Å². The van der Waals surface area contributed by atoms with Gasteiger partial charge in [-0.3, -0.25) is 9.69 Å². The average molecular weight is 378 g/mol. The molecule has 0 N–H and O–H groups in total. The molecule has 1 aliphatic rings. The molecule has 27 heavy (non-hydrogen) atoms. The molecule has 1 heterocycles. The van der Waals surface area contributed by atoms with Crippen LogP contribution in [0.15, 0.2) is 71.9 Å². The summed E-state index contributed by atoms with van der Waals surface area (Å²) in [6.45, 7) is 8.33. The number of nitrogens with zero attached hydrogens (tertiary/aromatic N) is 2. The minimum Gasteiger partial charge on any atom is -0.494 e. The predicted octanol–water partition coefficient (Wildman–Crippen LogP) is 5.06. The number of thioether (sulfide) groups is 1. The van der Waals surface area contributed by atoms with E-state index in [1.54, 1.807) is 11.0 Å². The molecule has 0 spiro atoms. The summed E-state index contributed by atoms with van der Waals surface area (Å²) in [5.74, 6) is 1.32. The summed E-state index contributed by atoms with van der Waals surface area (Å²) in [6, 6.07) is 15.5. The minimum absolute atomic E-state index is 0.132. The number of ether oxygens (including phenoxy) is 1. The van der Waals surface area contributed by atoms with Gasteiger partial charge in [0.25, 0.3) is 5.91 Å². The summed E-state index contributed by atoms with van der Waals surface area (Å²) in [4.78, 5) is 19.3. The third kappa shape index (κ3) is 4.49. The molecule has 0 saturated carbocycles. The predicted molar refractivity (Wildman–Crippen MR) is 114 cm³/mol. The van der Waals surface area contributed by atoms with E-state index in [9.17, 15) is 4.79 Å². The maximum Gasteiger partial charge on any atom is 0.283 e. The molecule has 0 bridgehead atoms. The molecule has 2 aromatic carbocycles. The van der Waals surface area contributed by atoms with Crippen LogP contribution in [0.4, 0.5) is 5.69 Å². The van der Waals surface area contributed by atoms with E-state index in [0.29, 0.717) is 23.2 Å². The third-order valence-electron chi connectivity index (χ3n) is 3.91. The molecule has 4 nitrogen and oxygen atoms in total. The van der Waals surface area contributed by atoms with Crippen molar-refractivity contribution < 1.29 is 9.53 Å². The summed E-state index contributed by atoms with van der Waals surface area (Å²) >= 11 is 1.49. The maximum absolute atomic E-state index is 13.1. The lowest BCUT2D eigenvalue weighted by atomic mass is 10.1. The molecule has 0 fully saturated rings. The van der Waals surface area contributed by atoms with Crippen LogP contribution in [0.3, 0.4) is 0 Å². The van der Waals surface area contributed by atoms with E-state index in [-0.39, 0.29) is 5.91 Å². The van der Waals surface area contributed by atoms with Gasteiger partial charge < -0.3 is 4.74 Å². The van der Waals surface area contributed by atoms with E-state index in [2.05, 4.69) is 11.6 Å². The van der Waals surface area contributed by atoms with E-state index in [1.165, 1.54) is 11.8 Å². The van der Waals surface area contributed by atoms with Gasteiger partial charge in [-0.25, -0.2) is 4.99 Å². The van der Waals surface area contributed by atoms with Gasteiger partial charge in [0, 0.05) is 5.75 Å². The molecular formula is C22H22N2O2S. The lowest BCUT2D eigenvalue weighted by Gasteiger charge is -2.17. The van der Waals surface area contributed by atoms with E-state index in [0.717, 1.165) is 22.6 Å². The highest BCUT2D eigenvalue weighted by molar-refractivity contribution is 8.14. The van der Waals surface area contributed by atoms with E-state index < -0.39 is 0 Å². The molecule has 0 aliphatic carbocycles. The fourth-order valence-corrected chi connectivity index (χ4v) is 3.48. The topological polar surface area (TPSA) is 41.9 Å². The van der Waals surface area contributed by atoms with E-state index in [4.69, 9.17) is 4.74 Å². The zero-order valence-electron chi connectivity index (χ0n) is 15.5. The highest BCUT2D eigenvalue weighted by Gasteiger charge is 2.31. The van der Waals surface area contributed by atoms with Crippen molar-refractivity contribution in [2.24, 2.45) is 4.99 Å². The molecule has 5 heteroatoms. The van der Waals surface area contributed by atoms with Crippen LogP contribution in [0.25, 0.3) is 6.08 Å². The number of hydrogen-bond acceptors (Lipinski definition) is 4. The number of aliphatic imine (C=N–C) groups is 1. The number of carbonyl (C=O) groups excluding carboxylic acids is 1. The van der Waals surface area contributed by atoms with Crippen LogP contribution in [0, 0.1) is 6.92 Å². The van der Waals surface area contributed by atoms with Gasteiger partial charge in [-0.1, -0.05) is 47.7 Å². The molecule has 0 unspecified atom stereocenters. The van der Waals surface area contributed by atoms with Crippen LogP contribution in [-0.4, -0.2) is 23.4 Å². The lowest BCUT2D eigenvalue weighted by molar-refractivity contribution is -0.113. The van der Waals surface area contributed by atoms with Gasteiger partial charge in [0.05, 0.1) is 12.3 Å². The minimum atomic E-state index is -0.132. The molecule has 138 valence electrons. The van der Waals surface area contributed by atoms with Crippen molar-refractivity contribution in [2.75, 3.05) is 17.3 Å². The summed E-state index contributed by atoms with van der Waals surface area (Å²) in [5.41, 5.74) is 3.31. The van der Waals surface area contributed by atoms with E-state index >= 15 is 0 Å². The molecule has 2 aromatic rings. The van der Waals surface area contributed by atoms with Crippen molar-refractivity contribution in [3.63, 3.8) is 0 Å². The number of aryl methyl sites for hydroxylation is 1. The van der Waals surface area contributed by atoms with Gasteiger partial charge >= 0.3 is 0 Å². The molecule has 0 saturated heterocycles. The molecule has 1 aliphatic heterocycles. The SMILES string of the molecule is C=CCSC1=NC(=Cc2cccc(C)c2)C(=O)N1c1ccc(OCC)cc1. The molecule has 0 atom stereocenters. The second-order valence-electron chi connectivity index (χ2n) is 6.01. The Labute approximate surface area is 164 Å². The van der Waals surface area contributed by atoms with Gasteiger partial charge in [-0.2, -0.15) is 0 Å². The second-order valence-corrected chi connectivity index (χ2v) is 6.99. The largest absolute Gasteiger partial charge is 0.494 e. The number of anilines is 1. The number of rotatable bonds is 6. The van der Waals surface area contributed by atoms with Crippen LogP contribution < -0.4 is 9.64 Å². The zero-order chi connectivity index (χ0) is 19.2. The highest BCUT2D eigenvalue weighted by atomic mass is 32.2. The van der Waals surface area contributed by atoms with Crippen molar-refractivity contribution in [2.45, 2.75) is 13.8 Å². The van der Waals surface area contributed by atoms with Crippen LogP contribution in [0.2, 0.25) is 0 Å². The first-order valence-corrected chi connectivity index (χ1v) is 9.79. The first-order valence-electron chi connectivity index (χ1n) is 8.80. The highest BCUT2D eigenvalue weighted by Crippen LogP contribution is 2.30. The first-order chi connectivity index (χ1) is 13.1. The Morgan fingerprint density at radius 1 is 1.22 bits per heavy atom. The summed E-state index contributed by atoms with van der Waals surface area (Å²) in [5, 5.41) is 0.656. The van der Waals surface area contributed by atoms with Gasteiger partial charge in [-0.15, -0.1) is 6.58 Å². The van der Waals surface area contributed by atoms with Crippen LogP contribution in [0.1, 0.15) is 18.1 Å². The summed E-state index contributed by atoms with van der Waals surface area (Å²) in [6.07, 6.45) is 3.63. The number of amides is 1. The average Bonchev–Trinajstić information content (AvgIpc) is 2.96. The number of carbonyl (C=O) groups is 1. The lowest BCUT2D eigenvalue weighted by Crippen LogP contribution is -2.30. The molecule has 3 rings (SSSR count). The number of benzene rings is 2. The van der Waals surface area contributed by atoms with Crippen molar-refractivity contribution in [3.05, 3.63) is 78.0 Å². The zero-order valence-corrected chi connectivity index (χ0v) is 16.3. The first kappa shape index (κ1) is 19.0. The van der Waals surface area contributed by atoms with Crippen molar-refractivity contribution in [1.82, 2.24) is 0 Å². The summed E-state index contributed by atoms with van der Waals surface area (Å²) < 4.78 is 5.49. The Kier molecular flexibility index (Phi) is 6.14. The molecule has 1 amide bonds. The third-order valence-corrected chi connectivity index (χ3v) is 4.85. The van der Waals surface area contributed by atoms with Gasteiger partial charge in [0.2, 0.25) is 0 Å². The van der Waals surface area contributed by atoms with Crippen molar-refractivity contribution in [3.8, 4) is 5.75 Å². The fraction of sp³-hybridized carbons (Fsp3) is 0.182. The van der Waals surface area contributed by atoms with Crippen LogP contribution >= 0.6 is 11.8 Å². The quantitative estimate of drug-likeness (QED) is 0.521. The monoisotopic (exact) mass is 378 g/mol. The van der Waals surface area contributed by atoms with Gasteiger partial charge in [0.15, 0.2) is 5.17 Å². The second kappa shape index (κ2) is 8.73. The van der Waals surface area contributed by atoms with Gasteiger partial charge in [0.1, 0.15) is 11.4 Å². The maximum atomic E-state index is 13.1. The Bertz CT molecular complexity index is 901. The van der Waals surface area contributed by atoms with Crippen molar-refractivity contribution >= 4 is 34.6 Å². The molecular weight excluding hydrogens is 356 g/mol. The van der Waals surface area contributed by atoms with E-state index in [1.807, 2.05) is 68.5 Å². The van der Waals surface area contributed by atoms with Gasteiger partial charge in [-0.05, 0) is 49.8 Å². The normalized spacial score (nSPS) is 15.2.